The van der Waals surface area contributed by atoms with Crippen molar-refractivity contribution in [3.05, 3.63) is 66.5 Å². The molecule has 9 nitrogen and oxygen atoms in total. The van der Waals surface area contributed by atoms with Crippen LogP contribution in [0.15, 0.2) is 60.7 Å². The zero-order valence-electron chi connectivity index (χ0n) is 19.6. The third-order valence-electron chi connectivity index (χ3n) is 5.83. The van der Waals surface area contributed by atoms with E-state index in [4.69, 9.17) is 4.74 Å². The number of nitrogens with one attached hydrogen (secondary N) is 2. The minimum atomic E-state index is -2.81. The summed E-state index contributed by atoms with van der Waals surface area (Å²) in [6.45, 7) is 3.90. The number of carbonyl (C=O) groups excluding carboxylic acids is 1. The molecule has 0 radical (unpaired) electrons. The molecule has 0 aliphatic carbocycles. The number of anilines is 3. The standard InChI is InChI=1S/C25H25F2N7O2/c1-16(24(35)29-17-7-3-2-4-8-17)28-25-31-20(33-11-13-36-14-12-33)15-21(32-25)34-19-10-6-5-9-18(19)30-23(34)22(26)27/h2-10,15-16,22H,11-14H2,1H3,(H,29,35)(H,28,31,32)/t16-/m0/s1. The number of halogens is 2. The summed E-state index contributed by atoms with van der Waals surface area (Å²) in [5, 5.41) is 5.86. The summed E-state index contributed by atoms with van der Waals surface area (Å²) in [4.78, 5) is 28.0. The van der Waals surface area contributed by atoms with E-state index in [2.05, 4.69) is 25.6 Å². The minimum Gasteiger partial charge on any atom is -0.378 e. The van der Waals surface area contributed by atoms with Crippen molar-refractivity contribution in [1.29, 1.82) is 0 Å². The van der Waals surface area contributed by atoms with Crippen molar-refractivity contribution in [2.45, 2.75) is 19.4 Å². The van der Waals surface area contributed by atoms with Gasteiger partial charge in [0.25, 0.3) is 6.43 Å². The van der Waals surface area contributed by atoms with E-state index in [0.29, 0.717) is 48.8 Å². The molecule has 0 spiro atoms. The predicted octanol–water partition coefficient (Wildman–Crippen LogP) is 4.03. The van der Waals surface area contributed by atoms with Crippen LogP contribution in [-0.4, -0.2) is 57.8 Å². The van der Waals surface area contributed by atoms with Crippen LogP contribution in [0.1, 0.15) is 19.2 Å². The molecule has 1 amide bonds. The number of imidazole rings is 1. The highest BCUT2D eigenvalue weighted by atomic mass is 19.3. The van der Waals surface area contributed by atoms with Crippen LogP contribution in [0.25, 0.3) is 16.9 Å². The number of alkyl halides is 2. The Balaban J connectivity index is 1.53. The molecule has 2 aromatic carbocycles. The molecule has 2 aromatic heterocycles. The number of carbonyl (C=O) groups is 1. The Labute approximate surface area is 206 Å². The smallest absolute Gasteiger partial charge is 0.296 e. The number of rotatable bonds is 7. The van der Waals surface area contributed by atoms with Crippen LogP contribution < -0.4 is 15.5 Å². The number of aromatic nitrogens is 4. The van der Waals surface area contributed by atoms with Gasteiger partial charge in [-0.25, -0.2) is 13.8 Å². The van der Waals surface area contributed by atoms with Gasteiger partial charge in [0.2, 0.25) is 11.9 Å². The first-order valence-corrected chi connectivity index (χ1v) is 11.6. The Morgan fingerprint density at radius 1 is 0.972 bits per heavy atom. The first kappa shape index (κ1) is 23.6. The molecule has 0 saturated carbocycles. The van der Waals surface area contributed by atoms with E-state index < -0.39 is 18.3 Å². The molecule has 36 heavy (non-hydrogen) atoms. The van der Waals surface area contributed by atoms with E-state index in [9.17, 15) is 13.6 Å². The number of ether oxygens (including phenoxy) is 1. The Bertz CT molecular complexity index is 1360. The van der Waals surface area contributed by atoms with Gasteiger partial charge in [-0.2, -0.15) is 9.97 Å². The Morgan fingerprint density at radius 3 is 2.42 bits per heavy atom. The van der Waals surface area contributed by atoms with E-state index in [1.807, 2.05) is 23.1 Å². The van der Waals surface area contributed by atoms with Gasteiger partial charge in [-0.05, 0) is 31.2 Å². The first-order chi connectivity index (χ1) is 17.5. The molecular weight excluding hydrogens is 468 g/mol. The van der Waals surface area contributed by atoms with Gasteiger partial charge in [0.1, 0.15) is 17.7 Å². The summed E-state index contributed by atoms with van der Waals surface area (Å²) in [5.41, 5.74) is 1.59. The minimum absolute atomic E-state index is 0.141. The maximum Gasteiger partial charge on any atom is 0.296 e. The second kappa shape index (κ2) is 10.2. The van der Waals surface area contributed by atoms with Gasteiger partial charge in [0.15, 0.2) is 5.82 Å². The van der Waals surface area contributed by atoms with Crippen LogP contribution >= 0.6 is 0 Å². The number of hydrogen-bond acceptors (Lipinski definition) is 7. The van der Waals surface area contributed by atoms with Gasteiger partial charge < -0.3 is 20.3 Å². The molecule has 4 aromatic rings. The van der Waals surface area contributed by atoms with E-state index in [1.165, 1.54) is 4.57 Å². The molecule has 186 valence electrons. The molecule has 1 fully saturated rings. The SMILES string of the molecule is C[C@H](Nc1nc(N2CCOCC2)cc(-n2c(C(F)F)nc3ccccc32)n1)C(=O)Nc1ccccc1. The molecule has 3 heterocycles. The molecule has 1 saturated heterocycles. The molecule has 1 atom stereocenters. The maximum atomic E-state index is 14.0. The van der Waals surface area contributed by atoms with Crippen molar-refractivity contribution in [2.75, 3.05) is 41.8 Å². The third kappa shape index (κ3) is 4.96. The summed E-state index contributed by atoms with van der Waals surface area (Å²) < 4.78 is 34.8. The van der Waals surface area contributed by atoms with Gasteiger partial charge in [0, 0.05) is 24.8 Å². The Morgan fingerprint density at radius 2 is 1.67 bits per heavy atom. The van der Waals surface area contributed by atoms with Crippen molar-refractivity contribution >= 4 is 34.4 Å². The molecule has 5 rings (SSSR count). The summed E-state index contributed by atoms with van der Waals surface area (Å²) in [5.74, 6) is 0.212. The number of morpholine rings is 1. The molecule has 0 bridgehead atoms. The molecule has 11 heteroatoms. The normalized spacial score (nSPS) is 14.7. The zero-order chi connectivity index (χ0) is 25.1. The van der Waals surface area contributed by atoms with Crippen LogP contribution in [0.4, 0.5) is 26.2 Å². The molecule has 2 N–H and O–H groups in total. The van der Waals surface area contributed by atoms with Crippen molar-refractivity contribution in [2.24, 2.45) is 0 Å². The summed E-state index contributed by atoms with van der Waals surface area (Å²) >= 11 is 0. The maximum absolute atomic E-state index is 14.0. The van der Waals surface area contributed by atoms with Gasteiger partial charge in [-0.3, -0.25) is 9.36 Å². The molecule has 1 aliphatic rings. The fourth-order valence-corrected chi connectivity index (χ4v) is 4.02. The first-order valence-electron chi connectivity index (χ1n) is 11.6. The highest BCUT2D eigenvalue weighted by molar-refractivity contribution is 5.96. The van der Waals surface area contributed by atoms with Crippen LogP contribution in [0, 0.1) is 0 Å². The molecular formula is C25H25F2N7O2. The van der Waals surface area contributed by atoms with Crippen LogP contribution in [0.2, 0.25) is 0 Å². The molecule has 1 aliphatic heterocycles. The van der Waals surface area contributed by atoms with Crippen LogP contribution in [0.5, 0.6) is 0 Å². The molecule has 0 unspecified atom stereocenters. The largest absolute Gasteiger partial charge is 0.378 e. The number of para-hydroxylation sites is 3. The highest BCUT2D eigenvalue weighted by Gasteiger charge is 2.24. The highest BCUT2D eigenvalue weighted by Crippen LogP contribution is 2.29. The number of nitrogens with zero attached hydrogens (tertiary/aromatic N) is 5. The summed E-state index contributed by atoms with van der Waals surface area (Å²) in [6.07, 6.45) is -2.81. The van der Waals surface area contributed by atoms with E-state index in [0.717, 1.165) is 0 Å². The van der Waals surface area contributed by atoms with E-state index in [1.54, 1.807) is 49.4 Å². The Hall–Kier alpha value is -4.12. The Kier molecular flexibility index (Phi) is 6.72. The van der Waals surface area contributed by atoms with Gasteiger partial charge in [-0.1, -0.05) is 30.3 Å². The summed E-state index contributed by atoms with van der Waals surface area (Å²) in [6, 6.07) is 16.9. The predicted molar refractivity (Wildman–Crippen MR) is 133 cm³/mol. The van der Waals surface area contributed by atoms with E-state index >= 15 is 0 Å². The monoisotopic (exact) mass is 493 g/mol. The number of hydrogen-bond donors (Lipinski definition) is 2. The lowest BCUT2D eigenvalue weighted by molar-refractivity contribution is -0.116. The van der Waals surface area contributed by atoms with Crippen LogP contribution in [-0.2, 0) is 9.53 Å². The fraction of sp³-hybridized carbons (Fsp3) is 0.280. The average molecular weight is 494 g/mol. The van der Waals surface area contributed by atoms with Gasteiger partial charge >= 0.3 is 0 Å². The second-order valence-electron chi connectivity index (χ2n) is 8.32. The van der Waals surface area contributed by atoms with Gasteiger partial charge in [0.05, 0.1) is 24.2 Å². The number of fused-ring (bicyclic) bond motifs is 1. The van der Waals surface area contributed by atoms with Crippen LogP contribution in [0.3, 0.4) is 0 Å². The van der Waals surface area contributed by atoms with Crippen molar-refractivity contribution in [3.8, 4) is 5.82 Å². The lowest BCUT2D eigenvalue weighted by Crippen LogP contribution is -2.37. The number of benzene rings is 2. The lowest BCUT2D eigenvalue weighted by atomic mass is 10.2. The average Bonchev–Trinajstić information content (AvgIpc) is 3.30. The lowest BCUT2D eigenvalue weighted by Gasteiger charge is -2.28. The fourth-order valence-electron chi connectivity index (χ4n) is 4.02. The summed E-state index contributed by atoms with van der Waals surface area (Å²) in [7, 11) is 0. The zero-order valence-corrected chi connectivity index (χ0v) is 19.6. The van der Waals surface area contributed by atoms with Crippen molar-refractivity contribution in [1.82, 2.24) is 19.5 Å². The third-order valence-corrected chi connectivity index (χ3v) is 5.83. The quantitative estimate of drug-likeness (QED) is 0.401. The van der Waals surface area contributed by atoms with Gasteiger partial charge in [-0.15, -0.1) is 0 Å². The second-order valence-corrected chi connectivity index (χ2v) is 8.32. The van der Waals surface area contributed by atoms with Crippen molar-refractivity contribution < 1.29 is 18.3 Å². The topological polar surface area (TPSA) is 97.2 Å². The van der Waals surface area contributed by atoms with Crippen molar-refractivity contribution in [3.63, 3.8) is 0 Å². The van der Waals surface area contributed by atoms with E-state index in [-0.39, 0.29) is 17.7 Å². The number of amides is 1.